The molecule has 0 bridgehead atoms. The van der Waals surface area contributed by atoms with E-state index >= 15 is 0 Å². The number of carbonyl (C=O) groups excluding carboxylic acids is 2. The molecule has 166 valence electrons. The number of nitrogens with one attached hydrogen (secondary N) is 1. The first-order chi connectivity index (χ1) is 14.8. The molecule has 2 aliphatic rings. The van der Waals surface area contributed by atoms with Gasteiger partial charge in [-0.1, -0.05) is 18.5 Å². The molecule has 2 aromatic rings. The Labute approximate surface area is 185 Å². The molecule has 7 nitrogen and oxygen atoms in total. The average molecular weight is 449 g/mol. The Balaban J connectivity index is 1.44. The summed E-state index contributed by atoms with van der Waals surface area (Å²) in [4.78, 5) is 27.0. The lowest BCUT2D eigenvalue weighted by Gasteiger charge is -2.43. The van der Waals surface area contributed by atoms with E-state index < -0.39 is 5.82 Å². The highest BCUT2D eigenvalue weighted by atomic mass is 35.5. The SMILES string of the molecule is CCCNC(=O)c1nn(C)c2c1COC1(CCN(C(=O)c3ccc(F)c(Cl)c3)CC1)C2. The molecule has 1 aromatic heterocycles. The van der Waals surface area contributed by atoms with E-state index in [4.69, 9.17) is 16.3 Å². The molecule has 0 atom stereocenters. The Morgan fingerprint density at radius 2 is 2.06 bits per heavy atom. The van der Waals surface area contributed by atoms with E-state index in [0.29, 0.717) is 56.8 Å². The first-order valence-electron chi connectivity index (χ1n) is 10.5. The van der Waals surface area contributed by atoms with Gasteiger partial charge in [-0.3, -0.25) is 14.3 Å². The Bertz CT molecular complexity index is 1010. The van der Waals surface area contributed by atoms with Crippen molar-refractivity contribution < 1.29 is 18.7 Å². The summed E-state index contributed by atoms with van der Waals surface area (Å²) in [5.74, 6) is -0.874. The van der Waals surface area contributed by atoms with E-state index in [-0.39, 0.29) is 22.4 Å². The van der Waals surface area contributed by atoms with Gasteiger partial charge in [0.25, 0.3) is 11.8 Å². The second kappa shape index (κ2) is 8.59. The summed E-state index contributed by atoms with van der Waals surface area (Å²) in [5.41, 5.74) is 2.29. The van der Waals surface area contributed by atoms with Gasteiger partial charge in [0.1, 0.15) is 5.82 Å². The van der Waals surface area contributed by atoms with Crippen LogP contribution in [0.5, 0.6) is 0 Å². The zero-order valence-corrected chi connectivity index (χ0v) is 18.5. The normalized spacial score (nSPS) is 17.5. The Morgan fingerprint density at radius 1 is 1.32 bits per heavy atom. The van der Waals surface area contributed by atoms with Gasteiger partial charge in [-0.25, -0.2) is 4.39 Å². The van der Waals surface area contributed by atoms with Crippen molar-refractivity contribution in [1.29, 1.82) is 0 Å². The van der Waals surface area contributed by atoms with E-state index in [9.17, 15) is 14.0 Å². The predicted octanol–water partition coefficient (Wildman–Crippen LogP) is 3.10. The van der Waals surface area contributed by atoms with Crippen LogP contribution >= 0.6 is 11.6 Å². The van der Waals surface area contributed by atoms with Crippen LogP contribution in [0, 0.1) is 5.82 Å². The van der Waals surface area contributed by atoms with Gasteiger partial charge in [-0.15, -0.1) is 0 Å². The lowest BCUT2D eigenvalue weighted by atomic mass is 9.83. The molecule has 3 heterocycles. The van der Waals surface area contributed by atoms with Crippen molar-refractivity contribution in [3.63, 3.8) is 0 Å². The fraction of sp³-hybridized carbons (Fsp3) is 0.500. The second-order valence-electron chi connectivity index (χ2n) is 8.22. The van der Waals surface area contributed by atoms with Gasteiger partial charge in [0.15, 0.2) is 5.69 Å². The molecule has 1 saturated heterocycles. The molecule has 0 saturated carbocycles. The van der Waals surface area contributed by atoms with Crippen molar-refractivity contribution in [2.45, 2.75) is 44.8 Å². The number of fused-ring (bicyclic) bond motifs is 1. The third-order valence-corrected chi connectivity index (χ3v) is 6.46. The highest BCUT2D eigenvalue weighted by Crippen LogP contribution is 2.37. The molecule has 1 aromatic carbocycles. The fourth-order valence-electron chi connectivity index (χ4n) is 4.31. The number of hydrogen-bond donors (Lipinski definition) is 1. The lowest BCUT2D eigenvalue weighted by molar-refractivity contribution is -0.0990. The molecule has 1 N–H and O–H groups in total. The van der Waals surface area contributed by atoms with Crippen LogP contribution in [-0.4, -0.2) is 51.7 Å². The maximum atomic E-state index is 13.4. The Morgan fingerprint density at radius 3 is 2.74 bits per heavy atom. The zero-order chi connectivity index (χ0) is 22.2. The maximum absolute atomic E-state index is 13.4. The van der Waals surface area contributed by atoms with E-state index in [0.717, 1.165) is 17.7 Å². The molecular weight excluding hydrogens is 423 g/mol. The van der Waals surface area contributed by atoms with Gasteiger partial charge in [0.05, 0.1) is 17.2 Å². The van der Waals surface area contributed by atoms with Crippen molar-refractivity contribution in [1.82, 2.24) is 20.0 Å². The standard InChI is InChI=1S/C22H26ClFN4O3/c1-3-8-25-20(29)19-15-13-31-22(12-18(15)27(2)26-19)6-9-28(10-7-22)21(30)14-4-5-17(24)16(23)11-14/h4-5,11H,3,6-10,12-13H2,1-2H3,(H,25,29). The molecule has 0 unspecified atom stereocenters. The zero-order valence-electron chi connectivity index (χ0n) is 17.7. The number of likely N-dealkylation sites (tertiary alicyclic amines) is 1. The first kappa shape index (κ1) is 21.8. The number of aryl methyl sites for hydroxylation is 1. The van der Waals surface area contributed by atoms with Crippen LogP contribution in [0.1, 0.15) is 58.3 Å². The van der Waals surface area contributed by atoms with Crippen LogP contribution < -0.4 is 5.32 Å². The Kier molecular flexibility index (Phi) is 6.03. The van der Waals surface area contributed by atoms with E-state index in [1.165, 1.54) is 18.2 Å². The summed E-state index contributed by atoms with van der Waals surface area (Å²) in [6, 6.07) is 4.04. The molecule has 9 heteroatoms. The summed E-state index contributed by atoms with van der Waals surface area (Å²) in [5, 5.41) is 7.26. The molecular formula is C22H26ClFN4O3. The summed E-state index contributed by atoms with van der Waals surface area (Å²) < 4.78 is 21.4. The molecule has 0 radical (unpaired) electrons. The van der Waals surface area contributed by atoms with Gasteiger partial charge >= 0.3 is 0 Å². The van der Waals surface area contributed by atoms with Crippen molar-refractivity contribution in [2.24, 2.45) is 7.05 Å². The van der Waals surface area contributed by atoms with Crippen LogP contribution in [-0.2, 0) is 24.8 Å². The molecule has 2 aliphatic heterocycles. The monoisotopic (exact) mass is 448 g/mol. The quantitative estimate of drug-likeness (QED) is 0.779. The van der Waals surface area contributed by atoms with Crippen molar-refractivity contribution in [3.8, 4) is 0 Å². The molecule has 4 rings (SSSR count). The van der Waals surface area contributed by atoms with Gasteiger partial charge in [-0.05, 0) is 37.5 Å². The number of piperidine rings is 1. The summed E-state index contributed by atoms with van der Waals surface area (Å²) in [7, 11) is 1.85. The fourth-order valence-corrected chi connectivity index (χ4v) is 4.49. The number of rotatable bonds is 4. The largest absolute Gasteiger partial charge is 0.370 e. The highest BCUT2D eigenvalue weighted by molar-refractivity contribution is 6.31. The molecule has 31 heavy (non-hydrogen) atoms. The minimum absolute atomic E-state index is 0.0579. The highest BCUT2D eigenvalue weighted by Gasteiger charge is 2.42. The molecule has 0 aliphatic carbocycles. The summed E-state index contributed by atoms with van der Waals surface area (Å²) in [6.07, 6.45) is 2.86. The second-order valence-corrected chi connectivity index (χ2v) is 8.63. The Hall–Kier alpha value is -2.45. The molecule has 1 fully saturated rings. The van der Waals surface area contributed by atoms with Crippen LogP contribution in [0.4, 0.5) is 4.39 Å². The topological polar surface area (TPSA) is 76.5 Å². The maximum Gasteiger partial charge on any atom is 0.272 e. The number of nitrogens with zero attached hydrogens (tertiary/aromatic N) is 3. The first-order valence-corrected chi connectivity index (χ1v) is 10.9. The van der Waals surface area contributed by atoms with Gasteiger partial charge in [0, 0.05) is 49.9 Å². The summed E-state index contributed by atoms with van der Waals surface area (Å²) in [6.45, 7) is 4.01. The van der Waals surface area contributed by atoms with Crippen molar-refractivity contribution >= 4 is 23.4 Å². The van der Waals surface area contributed by atoms with Crippen molar-refractivity contribution in [2.75, 3.05) is 19.6 Å². The number of amides is 2. The van der Waals surface area contributed by atoms with Crippen LogP contribution in [0.3, 0.4) is 0 Å². The third-order valence-electron chi connectivity index (χ3n) is 6.17. The van der Waals surface area contributed by atoms with Gasteiger partial charge < -0.3 is 15.0 Å². The van der Waals surface area contributed by atoms with Crippen LogP contribution in [0.2, 0.25) is 5.02 Å². The van der Waals surface area contributed by atoms with Crippen LogP contribution in [0.25, 0.3) is 0 Å². The minimum Gasteiger partial charge on any atom is -0.370 e. The predicted molar refractivity (Wildman–Crippen MR) is 114 cm³/mol. The average Bonchev–Trinajstić information content (AvgIpc) is 3.09. The van der Waals surface area contributed by atoms with E-state index in [2.05, 4.69) is 10.4 Å². The third kappa shape index (κ3) is 4.19. The van der Waals surface area contributed by atoms with Gasteiger partial charge in [0.2, 0.25) is 0 Å². The minimum atomic E-state index is -0.541. The number of carbonyl (C=O) groups is 2. The van der Waals surface area contributed by atoms with E-state index in [1.54, 1.807) is 9.58 Å². The van der Waals surface area contributed by atoms with E-state index in [1.807, 2.05) is 14.0 Å². The number of ether oxygens (including phenoxy) is 1. The smallest absolute Gasteiger partial charge is 0.272 e. The number of benzene rings is 1. The number of aromatic nitrogens is 2. The van der Waals surface area contributed by atoms with Gasteiger partial charge in [-0.2, -0.15) is 5.10 Å². The number of hydrogen-bond acceptors (Lipinski definition) is 4. The molecule has 1 spiro atoms. The molecule has 2 amide bonds. The van der Waals surface area contributed by atoms with Crippen molar-refractivity contribution in [3.05, 3.63) is 51.6 Å². The summed E-state index contributed by atoms with van der Waals surface area (Å²) >= 11 is 5.83. The number of halogens is 2. The lowest BCUT2D eigenvalue weighted by Crippen LogP contribution is -2.50. The van der Waals surface area contributed by atoms with Crippen LogP contribution in [0.15, 0.2) is 18.2 Å².